The summed E-state index contributed by atoms with van der Waals surface area (Å²) in [4.78, 5) is 12.5. The number of carbonyl (C=O) groups is 1. The van der Waals surface area contributed by atoms with E-state index in [1.54, 1.807) is 12.1 Å². The van der Waals surface area contributed by atoms with Crippen molar-refractivity contribution in [2.45, 2.75) is 44.2 Å². The van der Waals surface area contributed by atoms with Gasteiger partial charge in [0.25, 0.3) is 5.91 Å². The maximum Gasteiger partial charge on any atom is 0.255 e. The number of carbonyl (C=O) groups excluding carboxylic acids is 1. The normalized spacial score (nSPS) is 21.4. The van der Waals surface area contributed by atoms with E-state index in [4.69, 9.17) is 16.3 Å². The first-order chi connectivity index (χ1) is 10.2. The SMILES string of the molecule is Cl.O=C(NC1CCNC1)c1cc(Cl)ccc1OC1CCCC1. The molecule has 6 heteroatoms. The molecule has 2 fully saturated rings. The average molecular weight is 345 g/mol. The second-order valence-electron chi connectivity index (χ2n) is 5.83. The minimum atomic E-state index is -0.0980. The third-order valence-corrected chi connectivity index (χ3v) is 4.41. The van der Waals surface area contributed by atoms with Crippen LogP contribution in [0, 0.1) is 0 Å². The number of amides is 1. The zero-order chi connectivity index (χ0) is 14.7. The van der Waals surface area contributed by atoms with E-state index in [1.807, 2.05) is 6.07 Å². The van der Waals surface area contributed by atoms with E-state index in [9.17, 15) is 4.79 Å². The summed E-state index contributed by atoms with van der Waals surface area (Å²) < 4.78 is 6.01. The molecule has 1 amide bonds. The van der Waals surface area contributed by atoms with Gasteiger partial charge in [0.2, 0.25) is 0 Å². The molecule has 0 spiro atoms. The van der Waals surface area contributed by atoms with Crippen molar-refractivity contribution in [2.75, 3.05) is 13.1 Å². The van der Waals surface area contributed by atoms with Gasteiger partial charge < -0.3 is 15.4 Å². The van der Waals surface area contributed by atoms with E-state index in [0.717, 1.165) is 32.4 Å². The maximum absolute atomic E-state index is 12.5. The minimum absolute atomic E-state index is 0. The third kappa shape index (κ3) is 4.28. The smallest absolute Gasteiger partial charge is 0.255 e. The molecule has 0 radical (unpaired) electrons. The number of halogens is 2. The van der Waals surface area contributed by atoms with Crippen molar-refractivity contribution in [3.05, 3.63) is 28.8 Å². The first kappa shape index (κ1) is 17.4. The Morgan fingerprint density at radius 1 is 1.27 bits per heavy atom. The summed E-state index contributed by atoms with van der Waals surface area (Å²) in [5.41, 5.74) is 0.543. The van der Waals surface area contributed by atoms with Crippen LogP contribution in [0.2, 0.25) is 5.02 Å². The zero-order valence-electron chi connectivity index (χ0n) is 12.4. The first-order valence-electron chi connectivity index (χ1n) is 7.70. The Bertz CT molecular complexity index is 513. The number of ether oxygens (including phenoxy) is 1. The molecular formula is C16H22Cl2N2O2. The summed E-state index contributed by atoms with van der Waals surface area (Å²) in [7, 11) is 0. The van der Waals surface area contributed by atoms with Crippen LogP contribution in [0.3, 0.4) is 0 Å². The van der Waals surface area contributed by atoms with Gasteiger partial charge in [-0.15, -0.1) is 12.4 Å². The number of benzene rings is 1. The molecule has 1 aromatic carbocycles. The lowest BCUT2D eigenvalue weighted by Crippen LogP contribution is -2.36. The van der Waals surface area contributed by atoms with Crippen molar-refractivity contribution in [3.8, 4) is 5.75 Å². The van der Waals surface area contributed by atoms with Crippen molar-refractivity contribution in [1.82, 2.24) is 10.6 Å². The lowest BCUT2D eigenvalue weighted by atomic mass is 10.1. The fraction of sp³-hybridized carbons (Fsp3) is 0.562. The highest BCUT2D eigenvalue weighted by Crippen LogP contribution is 2.28. The van der Waals surface area contributed by atoms with Gasteiger partial charge in [-0.25, -0.2) is 0 Å². The van der Waals surface area contributed by atoms with E-state index < -0.39 is 0 Å². The van der Waals surface area contributed by atoms with Crippen molar-refractivity contribution in [1.29, 1.82) is 0 Å². The molecule has 1 unspecified atom stereocenters. The number of rotatable bonds is 4. The summed E-state index contributed by atoms with van der Waals surface area (Å²) in [6.07, 6.45) is 5.73. The monoisotopic (exact) mass is 344 g/mol. The van der Waals surface area contributed by atoms with Crippen LogP contribution in [-0.4, -0.2) is 31.1 Å². The van der Waals surface area contributed by atoms with E-state index in [-0.39, 0.29) is 30.5 Å². The van der Waals surface area contributed by atoms with Crippen LogP contribution in [0.25, 0.3) is 0 Å². The molecule has 1 aliphatic heterocycles. The van der Waals surface area contributed by atoms with Gasteiger partial charge in [0.05, 0.1) is 11.7 Å². The summed E-state index contributed by atoms with van der Waals surface area (Å²) in [5, 5.41) is 6.85. The standard InChI is InChI=1S/C16H21ClN2O2.ClH/c17-11-5-6-15(21-13-3-1-2-4-13)14(9-11)16(20)19-12-7-8-18-10-12;/h5-6,9,12-13,18H,1-4,7-8,10H2,(H,19,20);1H. The predicted octanol–water partition coefficient (Wildman–Crippen LogP) is 3.17. The number of hydrogen-bond acceptors (Lipinski definition) is 3. The van der Waals surface area contributed by atoms with E-state index >= 15 is 0 Å². The van der Waals surface area contributed by atoms with Gasteiger partial charge in [0.15, 0.2) is 0 Å². The maximum atomic E-state index is 12.5. The Hall–Kier alpha value is -0.970. The highest BCUT2D eigenvalue weighted by molar-refractivity contribution is 6.31. The van der Waals surface area contributed by atoms with Crippen LogP contribution < -0.4 is 15.4 Å². The van der Waals surface area contributed by atoms with E-state index in [1.165, 1.54) is 12.8 Å². The van der Waals surface area contributed by atoms with Gasteiger partial charge in [-0.3, -0.25) is 4.79 Å². The van der Waals surface area contributed by atoms with E-state index in [0.29, 0.717) is 16.3 Å². The lowest BCUT2D eigenvalue weighted by molar-refractivity contribution is 0.0933. The summed E-state index contributed by atoms with van der Waals surface area (Å²) in [6.45, 7) is 1.77. The van der Waals surface area contributed by atoms with Gasteiger partial charge in [-0.05, 0) is 56.8 Å². The lowest BCUT2D eigenvalue weighted by Gasteiger charge is -2.18. The van der Waals surface area contributed by atoms with Crippen LogP contribution in [0.4, 0.5) is 0 Å². The van der Waals surface area contributed by atoms with Crippen molar-refractivity contribution >= 4 is 29.9 Å². The van der Waals surface area contributed by atoms with Gasteiger partial charge in [0.1, 0.15) is 5.75 Å². The van der Waals surface area contributed by atoms with Crippen LogP contribution in [0.15, 0.2) is 18.2 Å². The zero-order valence-corrected chi connectivity index (χ0v) is 14.0. The Labute approximate surface area is 142 Å². The molecule has 1 aromatic rings. The fourth-order valence-corrected chi connectivity index (χ4v) is 3.18. The quantitative estimate of drug-likeness (QED) is 0.881. The molecule has 1 heterocycles. The fourth-order valence-electron chi connectivity index (χ4n) is 3.01. The molecule has 22 heavy (non-hydrogen) atoms. The van der Waals surface area contributed by atoms with Gasteiger partial charge >= 0.3 is 0 Å². The third-order valence-electron chi connectivity index (χ3n) is 4.18. The van der Waals surface area contributed by atoms with Gasteiger partial charge in [-0.2, -0.15) is 0 Å². The molecule has 1 saturated heterocycles. The second kappa shape index (κ2) is 8.04. The van der Waals surface area contributed by atoms with Crippen LogP contribution in [0.5, 0.6) is 5.75 Å². The largest absolute Gasteiger partial charge is 0.490 e. The topological polar surface area (TPSA) is 50.4 Å². The van der Waals surface area contributed by atoms with Crippen molar-refractivity contribution in [3.63, 3.8) is 0 Å². The Morgan fingerprint density at radius 2 is 2.05 bits per heavy atom. The predicted molar refractivity (Wildman–Crippen MR) is 90.3 cm³/mol. The van der Waals surface area contributed by atoms with Gasteiger partial charge in [-0.1, -0.05) is 11.6 Å². The Balaban J connectivity index is 0.00000176. The van der Waals surface area contributed by atoms with Crippen molar-refractivity contribution < 1.29 is 9.53 Å². The van der Waals surface area contributed by atoms with E-state index in [2.05, 4.69) is 10.6 Å². The van der Waals surface area contributed by atoms with Gasteiger partial charge in [0, 0.05) is 17.6 Å². The highest BCUT2D eigenvalue weighted by Gasteiger charge is 2.23. The molecule has 4 nitrogen and oxygen atoms in total. The minimum Gasteiger partial charge on any atom is -0.490 e. The Morgan fingerprint density at radius 3 is 2.73 bits per heavy atom. The molecule has 0 bridgehead atoms. The molecule has 1 atom stereocenters. The molecule has 0 aromatic heterocycles. The first-order valence-corrected chi connectivity index (χ1v) is 8.08. The summed E-state index contributed by atoms with van der Waals surface area (Å²) in [5.74, 6) is 0.550. The molecule has 1 saturated carbocycles. The second-order valence-corrected chi connectivity index (χ2v) is 6.26. The molecule has 2 aliphatic rings. The molecule has 2 N–H and O–H groups in total. The molecule has 122 valence electrons. The van der Waals surface area contributed by atoms with Crippen LogP contribution in [0.1, 0.15) is 42.5 Å². The number of nitrogens with one attached hydrogen (secondary N) is 2. The Kier molecular flexibility index (Phi) is 6.36. The number of hydrogen-bond donors (Lipinski definition) is 2. The molecular weight excluding hydrogens is 323 g/mol. The van der Waals surface area contributed by atoms with Crippen LogP contribution in [-0.2, 0) is 0 Å². The molecule has 1 aliphatic carbocycles. The summed E-state index contributed by atoms with van der Waals surface area (Å²) >= 11 is 6.05. The average Bonchev–Trinajstić information content (AvgIpc) is 3.14. The van der Waals surface area contributed by atoms with Crippen LogP contribution >= 0.6 is 24.0 Å². The highest BCUT2D eigenvalue weighted by atomic mass is 35.5. The summed E-state index contributed by atoms with van der Waals surface area (Å²) in [6, 6.07) is 5.47. The molecule has 3 rings (SSSR count). The van der Waals surface area contributed by atoms with Crippen molar-refractivity contribution in [2.24, 2.45) is 0 Å².